The van der Waals surface area contributed by atoms with Crippen LogP contribution in [-0.2, 0) is 0 Å². The molecule has 120 valence electrons. The number of amides is 1. The second kappa shape index (κ2) is 6.34. The molecule has 0 aromatic carbocycles. The van der Waals surface area contributed by atoms with Crippen LogP contribution in [0.4, 0.5) is 13.2 Å². The van der Waals surface area contributed by atoms with E-state index < -0.39 is 17.6 Å². The lowest BCUT2D eigenvalue weighted by Gasteiger charge is -2.28. The molecule has 0 spiro atoms. The number of aryl methyl sites for hydroxylation is 1. The SMILES string of the molecule is C=C/C=C(\C)c1cc(C(=O)NC(C)(C)C(F)(F)F)cc(C)n1. The van der Waals surface area contributed by atoms with Crippen LogP contribution in [0.15, 0.2) is 30.9 Å². The Morgan fingerprint density at radius 3 is 2.41 bits per heavy atom. The maximum Gasteiger partial charge on any atom is 0.410 e. The van der Waals surface area contributed by atoms with Gasteiger partial charge in [-0.1, -0.05) is 18.7 Å². The fourth-order valence-corrected chi connectivity index (χ4v) is 1.69. The van der Waals surface area contributed by atoms with E-state index in [1.807, 2.05) is 5.32 Å². The highest BCUT2D eigenvalue weighted by Gasteiger charge is 2.48. The molecule has 1 rings (SSSR count). The second-order valence-corrected chi connectivity index (χ2v) is 5.54. The predicted molar refractivity (Wildman–Crippen MR) is 80.4 cm³/mol. The molecule has 0 atom stereocenters. The van der Waals surface area contributed by atoms with E-state index in [0.29, 0.717) is 11.4 Å². The van der Waals surface area contributed by atoms with Crippen molar-refractivity contribution in [2.24, 2.45) is 0 Å². The van der Waals surface area contributed by atoms with E-state index in [0.717, 1.165) is 19.4 Å². The molecule has 0 fully saturated rings. The topological polar surface area (TPSA) is 42.0 Å². The molecule has 0 bridgehead atoms. The molecule has 0 saturated carbocycles. The molecule has 1 aromatic heterocycles. The first kappa shape index (κ1) is 17.9. The monoisotopic (exact) mass is 312 g/mol. The first-order chi connectivity index (χ1) is 9.98. The van der Waals surface area contributed by atoms with Gasteiger partial charge in [0.1, 0.15) is 5.54 Å². The molecule has 0 unspecified atom stereocenters. The number of carbonyl (C=O) groups excluding carboxylic acids is 1. The number of halogens is 3. The van der Waals surface area contributed by atoms with Crippen LogP contribution in [0.2, 0.25) is 0 Å². The van der Waals surface area contributed by atoms with Gasteiger partial charge in [-0.05, 0) is 45.4 Å². The second-order valence-electron chi connectivity index (χ2n) is 5.54. The normalized spacial score (nSPS) is 13.0. The number of hydrogen-bond acceptors (Lipinski definition) is 2. The third kappa shape index (κ3) is 4.19. The molecule has 22 heavy (non-hydrogen) atoms. The van der Waals surface area contributed by atoms with Crippen molar-refractivity contribution in [1.29, 1.82) is 0 Å². The summed E-state index contributed by atoms with van der Waals surface area (Å²) < 4.78 is 38.5. The van der Waals surface area contributed by atoms with Crippen molar-refractivity contribution in [3.8, 4) is 0 Å². The van der Waals surface area contributed by atoms with Gasteiger partial charge >= 0.3 is 6.18 Å². The number of rotatable bonds is 4. The quantitative estimate of drug-likeness (QED) is 0.852. The Balaban J connectivity index is 3.15. The molecular weight excluding hydrogens is 293 g/mol. The minimum absolute atomic E-state index is 0.136. The minimum Gasteiger partial charge on any atom is -0.338 e. The van der Waals surface area contributed by atoms with Gasteiger partial charge in [0, 0.05) is 11.3 Å². The van der Waals surface area contributed by atoms with Crippen LogP contribution in [0.3, 0.4) is 0 Å². The van der Waals surface area contributed by atoms with Gasteiger partial charge in [0.15, 0.2) is 0 Å². The zero-order chi connectivity index (χ0) is 17.1. The van der Waals surface area contributed by atoms with Gasteiger partial charge in [-0.15, -0.1) is 0 Å². The summed E-state index contributed by atoms with van der Waals surface area (Å²) >= 11 is 0. The Labute approximate surface area is 127 Å². The molecule has 0 aliphatic carbocycles. The average molecular weight is 312 g/mol. The van der Waals surface area contributed by atoms with E-state index in [-0.39, 0.29) is 5.56 Å². The average Bonchev–Trinajstić information content (AvgIpc) is 2.36. The molecular formula is C16H19F3N2O. The van der Waals surface area contributed by atoms with Crippen LogP contribution in [0.5, 0.6) is 0 Å². The molecule has 3 nitrogen and oxygen atoms in total. The maximum absolute atomic E-state index is 12.8. The van der Waals surface area contributed by atoms with Crippen LogP contribution in [0.25, 0.3) is 5.57 Å². The Kier molecular flexibility index (Phi) is 5.17. The van der Waals surface area contributed by atoms with Crippen LogP contribution >= 0.6 is 0 Å². The molecule has 0 aliphatic heterocycles. The molecule has 0 saturated heterocycles. The van der Waals surface area contributed by atoms with Gasteiger partial charge < -0.3 is 5.32 Å². The number of aromatic nitrogens is 1. The summed E-state index contributed by atoms with van der Waals surface area (Å²) in [5.74, 6) is -0.791. The van der Waals surface area contributed by atoms with E-state index in [1.54, 1.807) is 26.0 Å². The van der Waals surface area contributed by atoms with Crippen molar-refractivity contribution in [2.75, 3.05) is 0 Å². The predicted octanol–water partition coefficient (Wildman–Crippen LogP) is 4.05. The van der Waals surface area contributed by atoms with E-state index in [2.05, 4.69) is 11.6 Å². The molecule has 0 radical (unpaired) electrons. The Morgan fingerprint density at radius 2 is 1.91 bits per heavy atom. The van der Waals surface area contributed by atoms with Crippen molar-refractivity contribution >= 4 is 11.5 Å². The standard InChI is InChI=1S/C16H19F3N2O/c1-6-7-10(2)13-9-12(8-11(3)20-13)14(22)21-15(4,5)16(17,18)19/h6-9H,1H2,2-5H3,(H,21,22)/b10-7+. The van der Waals surface area contributed by atoms with E-state index in [4.69, 9.17) is 0 Å². The number of carbonyl (C=O) groups is 1. The Hall–Kier alpha value is -2.11. The van der Waals surface area contributed by atoms with Gasteiger partial charge in [-0.3, -0.25) is 9.78 Å². The number of alkyl halides is 3. The van der Waals surface area contributed by atoms with Crippen molar-refractivity contribution in [2.45, 2.75) is 39.4 Å². The summed E-state index contributed by atoms with van der Waals surface area (Å²) in [6, 6.07) is 2.91. The summed E-state index contributed by atoms with van der Waals surface area (Å²) in [5.41, 5.74) is -0.341. The molecule has 1 N–H and O–H groups in total. The number of nitrogens with zero attached hydrogens (tertiary/aromatic N) is 1. The summed E-state index contributed by atoms with van der Waals surface area (Å²) in [5, 5.41) is 2.01. The summed E-state index contributed by atoms with van der Waals surface area (Å²) in [4.78, 5) is 16.4. The fourth-order valence-electron chi connectivity index (χ4n) is 1.69. The van der Waals surface area contributed by atoms with Crippen molar-refractivity contribution in [3.05, 3.63) is 47.8 Å². The highest BCUT2D eigenvalue weighted by atomic mass is 19.4. The van der Waals surface area contributed by atoms with E-state index in [9.17, 15) is 18.0 Å². The Bertz CT molecular complexity index is 616. The number of hydrogen-bond donors (Lipinski definition) is 1. The van der Waals surface area contributed by atoms with Crippen molar-refractivity contribution in [1.82, 2.24) is 10.3 Å². The van der Waals surface area contributed by atoms with Gasteiger partial charge in [-0.25, -0.2) is 0 Å². The van der Waals surface area contributed by atoms with E-state index >= 15 is 0 Å². The lowest BCUT2D eigenvalue weighted by Crippen LogP contribution is -2.54. The number of allylic oxidation sites excluding steroid dienone is 3. The summed E-state index contributed by atoms with van der Waals surface area (Å²) in [6.45, 7) is 8.87. The van der Waals surface area contributed by atoms with Crippen LogP contribution in [-0.4, -0.2) is 22.6 Å². The van der Waals surface area contributed by atoms with Gasteiger partial charge in [-0.2, -0.15) is 13.2 Å². The maximum atomic E-state index is 12.8. The van der Waals surface area contributed by atoms with Gasteiger partial charge in [0.2, 0.25) is 0 Å². The van der Waals surface area contributed by atoms with Gasteiger partial charge in [0.25, 0.3) is 5.91 Å². The fraction of sp³-hybridized carbons (Fsp3) is 0.375. The molecule has 1 amide bonds. The number of pyridine rings is 1. The van der Waals surface area contributed by atoms with Crippen LogP contribution in [0.1, 0.15) is 42.5 Å². The molecule has 6 heteroatoms. The largest absolute Gasteiger partial charge is 0.410 e. The number of nitrogens with one attached hydrogen (secondary N) is 1. The zero-order valence-corrected chi connectivity index (χ0v) is 13.0. The van der Waals surface area contributed by atoms with Crippen LogP contribution < -0.4 is 5.32 Å². The smallest absolute Gasteiger partial charge is 0.338 e. The first-order valence-corrected chi connectivity index (χ1v) is 6.65. The molecule has 1 heterocycles. The van der Waals surface area contributed by atoms with Crippen LogP contribution in [0, 0.1) is 6.92 Å². The highest BCUT2D eigenvalue weighted by molar-refractivity contribution is 5.95. The third-order valence-electron chi connectivity index (χ3n) is 3.12. The summed E-state index contributed by atoms with van der Waals surface area (Å²) in [7, 11) is 0. The summed E-state index contributed by atoms with van der Waals surface area (Å²) in [6.07, 6.45) is -1.25. The lowest BCUT2D eigenvalue weighted by atomic mass is 10.0. The zero-order valence-electron chi connectivity index (χ0n) is 13.0. The Morgan fingerprint density at radius 1 is 1.32 bits per heavy atom. The highest BCUT2D eigenvalue weighted by Crippen LogP contribution is 2.29. The molecule has 1 aromatic rings. The van der Waals surface area contributed by atoms with Crippen molar-refractivity contribution in [3.63, 3.8) is 0 Å². The third-order valence-corrected chi connectivity index (χ3v) is 3.12. The van der Waals surface area contributed by atoms with Gasteiger partial charge in [0.05, 0.1) is 5.69 Å². The minimum atomic E-state index is -4.54. The lowest BCUT2D eigenvalue weighted by molar-refractivity contribution is -0.182. The van der Waals surface area contributed by atoms with E-state index in [1.165, 1.54) is 12.1 Å². The van der Waals surface area contributed by atoms with Crippen molar-refractivity contribution < 1.29 is 18.0 Å². The molecule has 0 aliphatic rings. The first-order valence-electron chi connectivity index (χ1n) is 6.65.